The summed E-state index contributed by atoms with van der Waals surface area (Å²) in [4.78, 5) is 34.8. The van der Waals surface area contributed by atoms with E-state index in [1.807, 2.05) is 48.5 Å². The van der Waals surface area contributed by atoms with Gasteiger partial charge in [-0.05, 0) is 55.0 Å². The summed E-state index contributed by atoms with van der Waals surface area (Å²) in [5, 5.41) is 12.2. The van der Waals surface area contributed by atoms with Crippen molar-refractivity contribution < 1.29 is 24.2 Å². The van der Waals surface area contributed by atoms with Crippen molar-refractivity contribution in [2.75, 3.05) is 6.61 Å². The lowest BCUT2D eigenvalue weighted by atomic mass is 9.99. The number of esters is 1. The molecule has 2 N–H and O–H groups in total. The number of halogens is 1. The van der Waals surface area contributed by atoms with E-state index in [9.17, 15) is 14.4 Å². The predicted molar refractivity (Wildman–Crippen MR) is 120 cm³/mol. The molecule has 166 valence electrons. The molecule has 7 heteroatoms. The number of hydrogen-bond acceptors (Lipinski definition) is 4. The third-order valence-electron chi connectivity index (χ3n) is 4.72. The molecule has 0 fully saturated rings. The standard InChI is InChI=1S/C24H28ClNO5/c1-2-31-24(30)16-21(26-22(27)8-3-4-9-23(28)29)14-17-10-12-18(13-11-17)19-6-5-7-20(25)15-19/h5-7,10-13,15,21H,2-4,8-9,14,16H2,1H3,(H,26,27)(H,28,29). The average Bonchev–Trinajstić information content (AvgIpc) is 2.72. The summed E-state index contributed by atoms with van der Waals surface area (Å²) in [7, 11) is 0. The topological polar surface area (TPSA) is 92.7 Å². The first kappa shape index (κ1) is 24.4. The zero-order chi connectivity index (χ0) is 22.6. The molecule has 0 saturated carbocycles. The van der Waals surface area contributed by atoms with Crippen molar-refractivity contribution in [3.8, 4) is 11.1 Å². The largest absolute Gasteiger partial charge is 0.481 e. The fourth-order valence-electron chi connectivity index (χ4n) is 3.24. The van der Waals surface area contributed by atoms with Crippen molar-refractivity contribution in [3.63, 3.8) is 0 Å². The van der Waals surface area contributed by atoms with Crippen molar-refractivity contribution >= 4 is 29.4 Å². The van der Waals surface area contributed by atoms with E-state index in [1.54, 1.807) is 6.92 Å². The highest BCUT2D eigenvalue weighted by Gasteiger charge is 2.18. The van der Waals surface area contributed by atoms with E-state index >= 15 is 0 Å². The van der Waals surface area contributed by atoms with Crippen LogP contribution in [0.5, 0.6) is 0 Å². The molecule has 2 aromatic rings. The number of carbonyl (C=O) groups excluding carboxylic acids is 2. The van der Waals surface area contributed by atoms with E-state index in [2.05, 4.69) is 5.32 Å². The maximum atomic E-state index is 12.3. The summed E-state index contributed by atoms with van der Waals surface area (Å²) in [6, 6.07) is 15.1. The number of unbranched alkanes of at least 4 members (excludes halogenated alkanes) is 1. The second-order valence-electron chi connectivity index (χ2n) is 7.29. The minimum Gasteiger partial charge on any atom is -0.481 e. The van der Waals surface area contributed by atoms with Crippen LogP contribution < -0.4 is 5.32 Å². The third-order valence-corrected chi connectivity index (χ3v) is 4.96. The molecule has 0 bridgehead atoms. The first-order valence-corrected chi connectivity index (χ1v) is 10.8. The number of carboxylic acid groups (broad SMARTS) is 1. The molecule has 1 atom stereocenters. The Kier molecular flexibility index (Phi) is 10.0. The minimum absolute atomic E-state index is 0.0402. The van der Waals surface area contributed by atoms with E-state index in [0.717, 1.165) is 16.7 Å². The van der Waals surface area contributed by atoms with E-state index in [0.29, 0.717) is 24.3 Å². The Balaban J connectivity index is 2.00. The fourth-order valence-corrected chi connectivity index (χ4v) is 3.43. The molecule has 0 spiro atoms. The molecule has 1 amide bonds. The Morgan fingerprint density at radius 3 is 2.39 bits per heavy atom. The molecule has 1 unspecified atom stereocenters. The van der Waals surface area contributed by atoms with Crippen molar-refractivity contribution in [1.82, 2.24) is 5.32 Å². The van der Waals surface area contributed by atoms with Crippen LogP contribution in [0.15, 0.2) is 48.5 Å². The van der Waals surface area contributed by atoms with E-state index in [-0.39, 0.29) is 37.7 Å². The van der Waals surface area contributed by atoms with Gasteiger partial charge in [-0.15, -0.1) is 0 Å². The second-order valence-corrected chi connectivity index (χ2v) is 7.72. The summed E-state index contributed by atoms with van der Waals surface area (Å²) in [5.74, 6) is -1.44. The summed E-state index contributed by atoms with van der Waals surface area (Å²) < 4.78 is 5.04. The molecule has 0 radical (unpaired) electrons. The van der Waals surface area contributed by atoms with Crippen molar-refractivity contribution in [1.29, 1.82) is 0 Å². The molecule has 6 nitrogen and oxygen atoms in total. The maximum absolute atomic E-state index is 12.3. The normalized spacial score (nSPS) is 11.5. The Hall–Kier alpha value is -2.86. The summed E-state index contributed by atoms with van der Waals surface area (Å²) in [5.41, 5.74) is 3.01. The number of rotatable bonds is 12. The van der Waals surface area contributed by atoms with Gasteiger partial charge in [-0.3, -0.25) is 14.4 Å². The van der Waals surface area contributed by atoms with E-state index in [4.69, 9.17) is 21.4 Å². The first-order valence-electron chi connectivity index (χ1n) is 10.4. The van der Waals surface area contributed by atoms with Gasteiger partial charge in [0, 0.05) is 23.9 Å². The number of carboxylic acids is 1. The van der Waals surface area contributed by atoms with Crippen LogP contribution in [0, 0.1) is 0 Å². The van der Waals surface area contributed by atoms with Crippen LogP contribution in [0.4, 0.5) is 0 Å². The monoisotopic (exact) mass is 445 g/mol. The third kappa shape index (κ3) is 9.22. The second kappa shape index (κ2) is 12.7. The van der Waals surface area contributed by atoms with Gasteiger partial charge in [0.05, 0.1) is 13.0 Å². The molecule has 0 aliphatic carbocycles. The summed E-state index contributed by atoms with van der Waals surface area (Å²) >= 11 is 6.07. The van der Waals surface area contributed by atoms with Gasteiger partial charge < -0.3 is 15.2 Å². The molecule has 31 heavy (non-hydrogen) atoms. The lowest BCUT2D eigenvalue weighted by molar-refractivity contribution is -0.144. The number of amides is 1. The zero-order valence-electron chi connectivity index (χ0n) is 17.6. The maximum Gasteiger partial charge on any atom is 0.307 e. The van der Waals surface area contributed by atoms with Gasteiger partial charge in [0.1, 0.15) is 0 Å². The molecule has 0 saturated heterocycles. The molecular formula is C24H28ClNO5. The molecular weight excluding hydrogens is 418 g/mol. The molecule has 2 aromatic carbocycles. The Bertz CT molecular complexity index is 882. The van der Waals surface area contributed by atoms with Crippen LogP contribution in [0.1, 0.15) is 44.6 Å². The van der Waals surface area contributed by atoms with E-state index < -0.39 is 12.0 Å². The minimum atomic E-state index is -0.873. The number of hydrogen-bond donors (Lipinski definition) is 2. The Labute approximate surface area is 187 Å². The van der Waals surface area contributed by atoms with Gasteiger partial charge in [0.25, 0.3) is 0 Å². The number of benzene rings is 2. The Morgan fingerprint density at radius 1 is 1.03 bits per heavy atom. The number of ether oxygens (including phenoxy) is 1. The van der Waals surface area contributed by atoms with Crippen LogP contribution in [-0.4, -0.2) is 35.6 Å². The SMILES string of the molecule is CCOC(=O)CC(Cc1ccc(-c2cccc(Cl)c2)cc1)NC(=O)CCCCC(=O)O. The highest BCUT2D eigenvalue weighted by Crippen LogP contribution is 2.23. The van der Waals surface area contributed by atoms with Gasteiger partial charge in [-0.25, -0.2) is 0 Å². The van der Waals surface area contributed by atoms with E-state index in [1.165, 1.54) is 0 Å². The molecule has 0 heterocycles. The Morgan fingerprint density at radius 2 is 1.74 bits per heavy atom. The predicted octanol–water partition coefficient (Wildman–Crippen LogP) is 4.63. The van der Waals surface area contributed by atoms with Crippen LogP contribution in [0.25, 0.3) is 11.1 Å². The first-order chi connectivity index (χ1) is 14.9. The van der Waals surface area contributed by atoms with Gasteiger partial charge in [-0.1, -0.05) is 48.0 Å². The summed E-state index contributed by atoms with van der Waals surface area (Å²) in [6.45, 7) is 2.02. The number of aliphatic carboxylic acids is 1. The van der Waals surface area contributed by atoms with Crippen LogP contribution in [-0.2, 0) is 25.5 Å². The van der Waals surface area contributed by atoms with Crippen LogP contribution >= 0.6 is 11.6 Å². The lowest BCUT2D eigenvalue weighted by Crippen LogP contribution is -2.38. The fraction of sp³-hybridized carbons (Fsp3) is 0.375. The highest BCUT2D eigenvalue weighted by molar-refractivity contribution is 6.30. The number of carbonyl (C=O) groups is 3. The highest BCUT2D eigenvalue weighted by atomic mass is 35.5. The van der Waals surface area contributed by atoms with Gasteiger partial charge in [0.2, 0.25) is 5.91 Å². The van der Waals surface area contributed by atoms with Crippen molar-refractivity contribution in [3.05, 3.63) is 59.1 Å². The van der Waals surface area contributed by atoms with Crippen LogP contribution in [0.3, 0.4) is 0 Å². The quantitative estimate of drug-likeness (QED) is 0.367. The number of nitrogens with one attached hydrogen (secondary N) is 1. The summed E-state index contributed by atoms with van der Waals surface area (Å²) in [6.07, 6.45) is 1.74. The lowest BCUT2D eigenvalue weighted by Gasteiger charge is -2.18. The molecule has 0 aliphatic rings. The molecule has 0 aromatic heterocycles. The van der Waals surface area contributed by atoms with Gasteiger partial charge in [-0.2, -0.15) is 0 Å². The molecule has 0 aliphatic heterocycles. The van der Waals surface area contributed by atoms with Gasteiger partial charge in [0.15, 0.2) is 0 Å². The average molecular weight is 446 g/mol. The van der Waals surface area contributed by atoms with Crippen LogP contribution in [0.2, 0.25) is 5.02 Å². The zero-order valence-corrected chi connectivity index (χ0v) is 18.4. The molecule has 2 rings (SSSR count). The van der Waals surface area contributed by atoms with Crippen molar-refractivity contribution in [2.24, 2.45) is 0 Å². The van der Waals surface area contributed by atoms with Gasteiger partial charge >= 0.3 is 11.9 Å². The smallest absolute Gasteiger partial charge is 0.307 e. The van der Waals surface area contributed by atoms with Crippen molar-refractivity contribution in [2.45, 2.75) is 51.5 Å².